The van der Waals surface area contributed by atoms with Gasteiger partial charge in [-0.3, -0.25) is 4.79 Å². The topological polar surface area (TPSA) is 65.4 Å². The van der Waals surface area contributed by atoms with Gasteiger partial charge < -0.3 is 15.0 Å². The van der Waals surface area contributed by atoms with Gasteiger partial charge in [0.25, 0.3) is 0 Å². The Hall–Kier alpha value is -2.13. The highest BCUT2D eigenvalue weighted by Gasteiger charge is 2.29. The smallest absolute Gasteiger partial charge is 0.245 e. The van der Waals surface area contributed by atoms with Crippen LogP contribution < -0.4 is 10.2 Å². The zero-order valence-corrected chi connectivity index (χ0v) is 11.9. The SMILES string of the molecule is CCCNC(=O)C1COCCN1c1ccc(C#N)c(F)c1. The van der Waals surface area contributed by atoms with E-state index in [1.54, 1.807) is 12.1 Å². The lowest BCUT2D eigenvalue weighted by Gasteiger charge is -2.36. The fourth-order valence-electron chi connectivity index (χ4n) is 2.27. The van der Waals surface area contributed by atoms with E-state index in [-0.39, 0.29) is 18.1 Å². The summed E-state index contributed by atoms with van der Waals surface area (Å²) < 4.78 is 19.1. The van der Waals surface area contributed by atoms with Crippen molar-refractivity contribution in [2.24, 2.45) is 0 Å². The third kappa shape index (κ3) is 3.50. The van der Waals surface area contributed by atoms with Crippen LogP contribution in [0.25, 0.3) is 0 Å². The molecular weight excluding hydrogens is 273 g/mol. The summed E-state index contributed by atoms with van der Waals surface area (Å²) in [6.45, 7) is 3.85. The van der Waals surface area contributed by atoms with Crippen molar-refractivity contribution in [3.05, 3.63) is 29.6 Å². The molecule has 1 fully saturated rings. The number of hydrogen-bond acceptors (Lipinski definition) is 4. The summed E-state index contributed by atoms with van der Waals surface area (Å²) in [5.41, 5.74) is 0.588. The summed E-state index contributed by atoms with van der Waals surface area (Å²) in [7, 11) is 0. The molecule has 6 heteroatoms. The second-order valence-electron chi connectivity index (χ2n) is 4.85. The van der Waals surface area contributed by atoms with Gasteiger partial charge in [-0.05, 0) is 24.6 Å². The maximum absolute atomic E-state index is 13.8. The largest absolute Gasteiger partial charge is 0.377 e. The summed E-state index contributed by atoms with van der Waals surface area (Å²) in [4.78, 5) is 14.0. The van der Waals surface area contributed by atoms with Crippen molar-refractivity contribution in [2.75, 3.05) is 31.2 Å². The Morgan fingerprint density at radius 1 is 1.62 bits per heavy atom. The molecule has 1 amide bonds. The first-order valence-corrected chi connectivity index (χ1v) is 6.99. The molecule has 1 N–H and O–H groups in total. The number of carbonyl (C=O) groups excluding carboxylic acids is 1. The quantitative estimate of drug-likeness (QED) is 0.911. The molecule has 0 bridgehead atoms. The molecule has 0 spiro atoms. The van der Waals surface area contributed by atoms with Crippen molar-refractivity contribution in [1.29, 1.82) is 5.26 Å². The van der Waals surface area contributed by atoms with Crippen LogP contribution in [0.1, 0.15) is 18.9 Å². The minimum absolute atomic E-state index is 0.000932. The van der Waals surface area contributed by atoms with E-state index in [0.29, 0.717) is 25.4 Å². The van der Waals surface area contributed by atoms with E-state index >= 15 is 0 Å². The van der Waals surface area contributed by atoms with Gasteiger partial charge in [-0.2, -0.15) is 5.26 Å². The van der Waals surface area contributed by atoms with Gasteiger partial charge >= 0.3 is 0 Å². The summed E-state index contributed by atoms with van der Waals surface area (Å²) in [6.07, 6.45) is 0.852. The summed E-state index contributed by atoms with van der Waals surface area (Å²) in [6, 6.07) is 5.70. The van der Waals surface area contributed by atoms with Gasteiger partial charge in [0.05, 0.1) is 18.8 Å². The van der Waals surface area contributed by atoms with E-state index in [1.165, 1.54) is 12.1 Å². The molecule has 5 nitrogen and oxygen atoms in total. The Bertz CT molecular complexity index is 556. The van der Waals surface area contributed by atoms with Crippen molar-refractivity contribution < 1.29 is 13.9 Å². The first-order valence-electron chi connectivity index (χ1n) is 6.99. The number of carbonyl (C=O) groups is 1. The number of amides is 1. The molecular formula is C15H18FN3O2. The number of nitriles is 1. The van der Waals surface area contributed by atoms with Crippen LogP contribution in [0.5, 0.6) is 0 Å². The molecule has 1 aromatic carbocycles. The molecule has 1 aliphatic rings. The van der Waals surface area contributed by atoms with Crippen LogP contribution >= 0.6 is 0 Å². The molecule has 0 aliphatic carbocycles. The number of morpholine rings is 1. The summed E-state index contributed by atoms with van der Waals surface area (Å²) in [5.74, 6) is -0.699. The fraction of sp³-hybridized carbons (Fsp3) is 0.467. The highest BCUT2D eigenvalue weighted by atomic mass is 19.1. The number of benzene rings is 1. The molecule has 2 rings (SSSR count). The minimum Gasteiger partial charge on any atom is -0.377 e. The Morgan fingerprint density at radius 3 is 3.10 bits per heavy atom. The Morgan fingerprint density at radius 2 is 2.43 bits per heavy atom. The number of anilines is 1. The molecule has 1 atom stereocenters. The first kappa shape index (κ1) is 15.3. The molecule has 1 heterocycles. The van der Waals surface area contributed by atoms with Crippen LogP contribution in [0.3, 0.4) is 0 Å². The standard InChI is InChI=1S/C15H18FN3O2/c1-2-5-18-15(20)14-10-21-7-6-19(14)12-4-3-11(9-17)13(16)8-12/h3-4,8,14H,2,5-7,10H2,1H3,(H,18,20). The molecule has 0 saturated carbocycles. The maximum atomic E-state index is 13.8. The minimum atomic E-state index is -0.575. The monoisotopic (exact) mass is 291 g/mol. The highest BCUT2D eigenvalue weighted by Crippen LogP contribution is 2.22. The lowest BCUT2D eigenvalue weighted by molar-refractivity contribution is -0.124. The zero-order valence-electron chi connectivity index (χ0n) is 11.9. The molecule has 1 saturated heterocycles. The van der Waals surface area contributed by atoms with Crippen LogP contribution in [0.15, 0.2) is 18.2 Å². The average molecular weight is 291 g/mol. The van der Waals surface area contributed by atoms with Crippen molar-refractivity contribution in [2.45, 2.75) is 19.4 Å². The van der Waals surface area contributed by atoms with Crippen molar-refractivity contribution >= 4 is 11.6 Å². The Balaban J connectivity index is 2.20. The van der Waals surface area contributed by atoms with Gasteiger partial charge in [0.15, 0.2) is 0 Å². The third-order valence-electron chi connectivity index (χ3n) is 3.39. The van der Waals surface area contributed by atoms with E-state index in [1.807, 2.05) is 11.8 Å². The van der Waals surface area contributed by atoms with E-state index in [4.69, 9.17) is 10.00 Å². The molecule has 21 heavy (non-hydrogen) atoms. The van der Waals surface area contributed by atoms with Gasteiger partial charge in [-0.25, -0.2) is 4.39 Å². The van der Waals surface area contributed by atoms with E-state index < -0.39 is 11.9 Å². The maximum Gasteiger partial charge on any atom is 0.245 e. The second kappa shape index (κ2) is 7.04. The zero-order chi connectivity index (χ0) is 15.2. The van der Waals surface area contributed by atoms with E-state index in [0.717, 1.165) is 6.42 Å². The first-order chi connectivity index (χ1) is 10.2. The predicted octanol–water partition coefficient (Wildman–Crippen LogP) is 1.43. The average Bonchev–Trinajstić information content (AvgIpc) is 2.52. The van der Waals surface area contributed by atoms with Gasteiger partial charge in [-0.15, -0.1) is 0 Å². The lowest BCUT2D eigenvalue weighted by atomic mass is 10.1. The Labute approximate surface area is 123 Å². The number of hydrogen-bond donors (Lipinski definition) is 1. The van der Waals surface area contributed by atoms with Crippen molar-refractivity contribution in [1.82, 2.24) is 5.32 Å². The normalized spacial score (nSPS) is 18.1. The Kier molecular flexibility index (Phi) is 5.12. The molecule has 1 unspecified atom stereocenters. The molecule has 112 valence electrons. The number of nitrogens with one attached hydrogen (secondary N) is 1. The number of ether oxygens (including phenoxy) is 1. The van der Waals surface area contributed by atoms with Crippen LogP contribution in [0.2, 0.25) is 0 Å². The molecule has 1 aliphatic heterocycles. The van der Waals surface area contributed by atoms with Crippen LogP contribution in [-0.2, 0) is 9.53 Å². The van der Waals surface area contributed by atoms with Crippen LogP contribution in [0, 0.1) is 17.1 Å². The predicted molar refractivity (Wildman–Crippen MR) is 76.4 cm³/mol. The van der Waals surface area contributed by atoms with Gasteiger partial charge in [0.2, 0.25) is 5.91 Å². The molecule has 0 radical (unpaired) electrons. The molecule has 0 aromatic heterocycles. The molecule has 1 aromatic rings. The summed E-state index contributed by atoms with van der Waals surface area (Å²) in [5, 5.41) is 11.6. The number of halogens is 1. The number of rotatable bonds is 4. The number of nitrogens with zero attached hydrogens (tertiary/aromatic N) is 2. The van der Waals surface area contributed by atoms with Crippen molar-refractivity contribution in [3.8, 4) is 6.07 Å². The van der Waals surface area contributed by atoms with E-state index in [2.05, 4.69) is 5.32 Å². The van der Waals surface area contributed by atoms with Gasteiger partial charge in [-0.1, -0.05) is 6.92 Å². The summed E-state index contributed by atoms with van der Waals surface area (Å²) >= 11 is 0. The van der Waals surface area contributed by atoms with Gasteiger partial charge in [0, 0.05) is 18.8 Å². The fourth-order valence-corrected chi connectivity index (χ4v) is 2.27. The lowest BCUT2D eigenvalue weighted by Crippen LogP contribution is -2.54. The van der Waals surface area contributed by atoms with Crippen LogP contribution in [0.4, 0.5) is 10.1 Å². The highest BCUT2D eigenvalue weighted by molar-refractivity contribution is 5.85. The van der Waals surface area contributed by atoms with E-state index in [9.17, 15) is 9.18 Å². The second-order valence-corrected chi connectivity index (χ2v) is 4.85. The van der Waals surface area contributed by atoms with Gasteiger partial charge in [0.1, 0.15) is 17.9 Å². The van der Waals surface area contributed by atoms with Crippen molar-refractivity contribution in [3.63, 3.8) is 0 Å². The third-order valence-corrected chi connectivity index (χ3v) is 3.39. The van der Waals surface area contributed by atoms with Crippen LogP contribution in [-0.4, -0.2) is 38.3 Å².